The van der Waals surface area contributed by atoms with Crippen molar-refractivity contribution < 1.29 is 9.53 Å². The summed E-state index contributed by atoms with van der Waals surface area (Å²) in [6.07, 6.45) is 4.27. The van der Waals surface area contributed by atoms with E-state index in [2.05, 4.69) is 44.0 Å². The molecule has 1 aliphatic rings. The van der Waals surface area contributed by atoms with E-state index in [0.29, 0.717) is 6.04 Å². The number of rotatable bonds is 6. The van der Waals surface area contributed by atoms with E-state index < -0.39 is 0 Å². The van der Waals surface area contributed by atoms with E-state index in [4.69, 9.17) is 4.74 Å². The quantitative estimate of drug-likeness (QED) is 0.790. The van der Waals surface area contributed by atoms with Gasteiger partial charge < -0.3 is 14.5 Å². The maximum atomic E-state index is 11.7. The Kier molecular flexibility index (Phi) is 6.50. The average molecular weight is 347 g/mol. The summed E-state index contributed by atoms with van der Waals surface area (Å²) in [6.45, 7) is 8.07. The molecule has 140 valence electrons. The van der Waals surface area contributed by atoms with E-state index in [9.17, 15) is 4.79 Å². The number of likely N-dealkylation sites (tertiary alicyclic amines) is 1. The summed E-state index contributed by atoms with van der Waals surface area (Å²) in [5.41, 5.74) is 2.93. The van der Waals surface area contributed by atoms with Crippen LogP contribution in [0.4, 0.5) is 0 Å². The number of benzene rings is 1. The minimum absolute atomic E-state index is 0.107. The fourth-order valence-corrected chi connectivity index (χ4v) is 4.06. The van der Waals surface area contributed by atoms with Crippen molar-refractivity contribution in [1.29, 1.82) is 0 Å². The Bertz CT molecular complexity index is 602. The molecule has 0 aliphatic carbocycles. The van der Waals surface area contributed by atoms with Crippen LogP contribution in [0.25, 0.3) is 0 Å². The van der Waals surface area contributed by atoms with E-state index in [-0.39, 0.29) is 11.3 Å². The summed E-state index contributed by atoms with van der Waals surface area (Å²) in [5.74, 6) is 1.07. The summed E-state index contributed by atoms with van der Waals surface area (Å²) in [6, 6.07) is 7.06. The molecule has 0 saturated carbocycles. The third kappa shape index (κ3) is 4.35. The van der Waals surface area contributed by atoms with Gasteiger partial charge >= 0.3 is 0 Å². The zero-order chi connectivity index (χ0) is 18.6. The second kappa shape index (κ2) is 8.22. The number of hydrogen-bond acceptors (Lipinski definition) is 3. The molecule has 1 aliphatic heterocycles. The Labute approximate surface area is 153 Å². The number of carbonyl (C=O) groups excluding carboxylic acids is 1. The highest BCUT2D eigenvalue weighted by Crippen LogP contribution is 2.43. The van der Waals surface area contributed by atoms with Crippen molar-refractivity contribution in [2.75, 3.05) is 34.3 Å². The first kappa shape index (κ1) is 19.8. The molecule has 0 radical (unpaired) electrons. The zero-order valence-corrected chi connectivity index (χ0v) is 16.8. The third-order valence-corrected chi connectivity index (χ3v) is 6.11. The van der Waals surface area contributed by atoms with Crippen LogP contribution in [0.3, 0.4) is 0 Å². The average Bonchev–Trinajstić information content (AvgIpc) is 2.61. The first-order valence-electron chi connectivity index (χ1n) is 9.42. The van der Waals surface area contributed by atoms with Gasteiger partial charge in [-0.25, -0.2) is 0 Å². The molecule has 0 aromatic heterocycles. The first-order valence-corrected chi connectivity index (χ1v) is 9.42. The molecular formula is C21H34N2O2. The molecule has 2 rings (SSSR count). The van der Waals surface area contributed by atoms with E-state index in [1.807, 2.05) is 11.9 Å². The summed E-state index contributed by atoms with van der Waals surface area (Å²) in [5, 5.41) is 0. The largest absolute Gasteiger partial charge is 0.497 e. The normalized spacial score (nSPS) is 24.2. The maximum Gasteiger partial charge on any atom is 0.219 e. The SMILES string of the molecule is CCc1ccc(OC)cc1[C@]1(CCN(C)C(C)=O)CCN(C)C(C)C1. The van der Waals surface area contributed by atoms with Crippen LogP contribution < -0.4 is 4.74 Å². The van der Waals surface area contributed by atoms with Gasteiger partial charge in [-0.05, 0) is 69.5 Å². The summed E-state index contributed by atoms with van der Waals surface area (Å²) < 4.78 is 5.53. The molecule has 1 heterocycles. The molecule has 1 amide bonds. The van der Waals surface area contributed by atoms with Crippen LogP contribution in [-0.2, 0) is 16.6 Å². The topological polar surface area (TPSA) is 32.8 Å². The second-order valence-electron chi connectivity index (χ2n) is 7.63. The van der Waals surface area contributed by atoms with Crippen LogP contribution in [0.1, 0.15) is 51.2 Å². The van der Waals surface area contributed by atoms with Crippen molar-refractivity contribution in [2.45, 2.75) is 57.9 Å². The number of ether oxygens (including phenoxy) is 1. The Morgan fingerprint density at radius 2 is 2.16 bits per heavy atom. The number of aryl methyl sites for hydroxylation is 1. The van der Waals surface area contributed by atoms with Gasteiger partial charge in [-0.15, -0.1) is 0 Å². The highest BCUT2D eigenvalue weighted by Gasteiger charge is 2.39. The van der Waals surface area contributed by atoms with Crippen LogP contribution in [-0.4, -0.2) is 56.0 Å². The lowest BCUT2D eigenvalue weighted by Gasteiger charge is -2.46. The smallest absolute Gasteiger partial charge is 0.219 e. The number of piperidine rings is 1. The second-order valence-corrected chi connectivity index (χ2v) is 7.63. The Hall–Kier alpha value is -1.55. The van der Waals surface area contributed by atoms with Crippen molar-refractivity contribution >= 4 is 5.91 Å². The van der Waals surface area contributed by atoms with E-state index in [1.54, 1.807) is 14.0 Å². The monoisotopic (exact) mass is 346 g/mol. The van der Waals surface area contributed by atoms with Gasteiger partial charge in [-0.2, -0.15) is 0 Å². The van der Waals surface area contributed by atoms with Gasteiger partial charge in [0.25, 0.3) is 0 Å². The van der Waals surface area contributed by atoms with Gasteiger partial charge in [0.2, 0.25) is 5.91 Å². The maximum absolute atomic E-state index is 11.7. The molecule has 1 fully saturated rings. The minimum atomic E-state index is 0.107. The number of carbonyl (C=O) groups is 1. The van der Waals surface area contributed by atoms with Gasteiger partial charge in [0.05, 0.1) is 7.11 Å². The van der Waals surface area contributed by atoms with E-state index >= 15 is 0 Å². The van der Waals surface area contributed by atoms with E-state index in [1.165, 1.54) is 11.1 Å². The van der Waals surface area contributed by atoms with Crippen molar-refractivity contribution in [3.8, 4) is 5.75 Å². The van der Waals surface area contributed by atoms with Crippen LogP contribution >= 0.6 is 0 Å². The van der Waals surface area contributed by atoms with E-state index in [0.717, 1.165) is 44.5 Å². The van der Waals surface area contributed by atoms with Gasteiger partial charge in [0.15, 0.2) is 0 Å². The molecule has 0 bridgehead atoms. The molecule has 0 spiro atoms. The third-order valence-electron chi connectivity index (χ3n) is 6.11. The van der Waals surface area contributed by atoms with Crippen LogP contribution in [0.5, 0.6) is 5.75 Å². The summed E-state index contributed by atoms with van der Waals surface area (Å²) >= 11 is 0. The van der Waals surface area contributed by atoms with Crippen LogP contribution in [0.15, 0.2) is 18.2 Å². The number of hydrogen-bond donors (Lipinski definition) is 0. The molecule has 25 heavy (non-hydrogen) atoms. The highest BCUT2D eigenvalue weighted by atomic mass is 16.5. The molecule has 4 heteroatoms. The lowest BCUT2D eigenvalue weighted by Crippen LogP contribution is -2.47. The predicted molar refractivity (Wildman–Crippen MR) is 103 cm³/mol. The van der Waals surface area contributed by atoms with Crippen molar-refractivity contribution in [3.05, 3.63) is 29.3 Å². The Morgan fingerprint density at radius 3 is 2.72 bits per heavy atom. The van der Waals surface area contributed by atoms with Crippen LogP contribution in [0, 0.1) is 0 Å². The predicted octanol–water partition coefficient (Wildman–Crippen LogP) is 3.48. The van der Waals surface area contributed by atoms with Gasteiger partial charge in [-0.1, -0.05) is 13.0 Å². The summed E-state index contributed by atoms with van der Waals surface area (Å²) in [4.78, 5) is 16.0. The minimum Gasteiger partial charge on any atom is -0.497 e. The molecule has 4 nitrogen and oxygen atoms in total. The number of nitrogens with zero attached hydrogens (tertiary/aromatic N) is 2. The standard InChI is InChI=1S/C21H34N2O2/c1-7-18-8-9-19(25-6)14-20(18)21(11-13-23(5)17(3)24)10-12-22(4)16(2)15-21/h8-9,14,16H,7,10-13,15H2,1-6H3/t16?,21-/m0/s1. The summed E-state index contributed by atoms with van der Waals surface area (Å²) in [7, 11) is 5.85. The Morgan fingerprint density at radius 1 is 1.44 bits per heavy atom. The molecule has 2 atom stereocenters. The molecule has 1 aromatic carbocycles. The lowest BCUT2D eigenvalue weighted by atomic mass is 9.67. The van der Waals surface area contributed by atoms with Crippen molar-refractivity contribution in [3.63, 3.8) is 0 Å². The first-order chi connectivity index (χ1) is 11.8. The zero-order valence-electron chi connectivity index (χ0n) is 16.8. The fraction of sp³-hybridized carbons (Fsp3) is 0.667. The van der Waals surface area contributed by atoms with Gasteiger partial charge in [0.1, 0.15) is 5.75 Å². The fourth-order valence-electron chi connectivity index (χ4n) is 4.06. The van der Waals surface area contributed by atoms with Gasteiger partial charge in [0, 0.05) is 32.0 Å². The highest BCUT2D eigenvalue weighted by molar-refractivity contribution is 5.72. The Balaban J connectivity index is 2.42. The lowest BCUT2D eigenvalue weighted by molar-refractivity contribution is -0.127. The molecule has 1 unspecified atom stereocenters. The van der Waals surface area contributed by atoms with Crippen molar-refractivity contribution in [2.24, 2.45) is 0 Å². The number of methoxy groups -OCH3 is 1. The number of amides is 1. The van der Waals surface area contributed by atoms with Crippen molar-refractivity contribution in [1.82, 2.24) is 9.80 Å². The van der Waals surface area contributed by atoms with Crippen LogP contribution in [0.2, 0.25) is 0 Å². The van der Waals surface area contributed by atoms with Gasteiger partial charge in [-0.3, -0.25) is 4.79 Å². The molecule has 0 N–H and O–H groups in total. The molecule has 1 aromatic rings. The molecular weight excluding hydrogens is 312 g/mol. The molecule has 1 saturated heterocycles.